The van der Waals surface area contributed by atoms with E-state index in [1.807, 2.05) is 26.2 Å². The third kappa shape index (κ3) is 2.09. The Morgan fingerprint density at radius 1 is 1.33 bits per heavy atom. The summed E-state index contributed by atoms with van der Waals surface area (Å²) < 4.78 is 5.37. The van der Waals surface area contributed by atoms with Crippen LogP contribution < -0.4 is 4.74 Å². The molecular formula is C10H11O2. The molecule has 63 valence electrons. The van der Waals surface area contributed by atoms with Crippen LogP contribution in [-0.4, -0.2) is 12.4 Å². The quantitative estimate of drug-likeness (QED) is 0.680. The Hall–Kier alpha value is -1.31. The van der Waals surface area contributed by atoms with Gasteiger partial charge >= 0.3 is 0 Å². The molecule has 1 aromatic carbocycles. The van der Waals surface area contributed by atoms with Crippen molar-refractivity contribution in [2.45, 2.75) is 20.0 Å². The normalized spacial score (nSPS) is 9.92. The summed E-state index contributed by atoms with van der Waals surface area (Å²) in [6.45, 7) is 3.84. The second-order valence-corrected chi connectivity index (χ2v) is 2.76. The minimum Gasteiger partial charge on any atom is -0.490 e. The Morgan fingerprint density at radius 3 is 2.58 bits per heavy atom. The molecule has 0 heterocycles. The van der Waals surface area contributed by atoms with Crippen LogP contribution in [0.4, 0.5) is 0 Å². The number of carbonyl (C=O) groups excluding carboxylic acids is 1. The topological polar surface area (TPSA) is 26.3 Å². The fourth-order valence-electron chi connectivity index (χ4n) is 0.908. The molecule has 0 spiro atoms. The first-order chi connectivity index (χ1) is 5.74. The molecule has 2 heteroatoms. The molecule has 2 nitrogen and oxygen atoms in total. The minimum atomic E-state index is 0.0829. The Bertz CT molecular complexity index is 266. The Kier molecular flexibility index (Phi) is 2.86. The maximum atomic E-state index is 10.4. The standard InChI is InChI=1S/C10H11O2/c1-8(2)12-10-6-4-3-5-9(10)7-11/h3-6,8H,1-2H3. The summed E-state index contributed by atoms with van der Waals surface area (Å²) in [5.41, 5.74) is 0.478. The summed E-state index contributed by atoms with van der Waals surface area (Å²) in [5, 5.41) is 0. The van der Waals surface area contributed by atoms with Crippen molar-refractivity contribution in [1.29, 1.82) is 0 Å². The number of ether oxygens (including phenoxy) is 1. The SMILES string of the molecule is CC(C)Oc1ccccc1[C]=O. The van der Waals surface area contributed by atoms with E-state index in [1.165, 1.54) is 0 Å². The summed E-state index contributed by atoms with van der Waals surface area (Å²) in [4.78, 5) is 10.4. The highest BCUT2D eigenvalue weighted by Crippen LogP contribution is 2.16. The minimum absolute atomic E-state index is 0.0829. The third-order valence-electron chi connectivity index (χ3n) is 1.36. The molecule has 0 unspecified atom stereocenters. The Labute approximate surface area is 72.2 Å². The predicted molar refractivity (Wildman–Crippen MR) is 47.0 cm³/mol. The van der Waals surface area contributed by atoms with Gasteiger partial charge in [0, 0.05) is 0 Å². The molecule has 0 aliphatic carbocycles. The van der Waals surface area contributed by atoms with E-state index in [0.29, 0.717) is 11.3 Å². The van der Waals surface area contributed by atoms with E-state index in [4.69, 9.17) is 4.74 Å². The van der Waals surface area contributed by atoms with Gasteiger partial charge in [0.25, 0.3) is 0 Å². The molecule has 12 heavy (non-hydrogen) atoms. The maximum Gasteiger partial charge on any atom is 0.237 e. The van der Waals surface area contributed by atoms with Crippen LogP contribution in [0.1, 0.15) is 19.4 Å². The van der Waals surface area contributed by atoms with E-state index in [0.717, 1.165) is 0 Å². The summed E-state index contributed by atoms with van der Waals surface area (Å²) in [5.74, 6) is 0.600. The highest BCUT2D eigenvalue weighted by atomic mass is 16.5. The lowest BCUT2D eigenvalue weighted by Gasteiger charge is -2.10. The molecule has 1 rings (SSSR count). The lowest BCUT2D eigenvalue weighted by molar-refractivity contribution is 0.242. The van der Waals surface area contributed by atoms with E-state index < -0.39 is 0 Å². The second-order valence-electron chi connectivity index (χ2n) is 2.76. The first-order valence-electron chi connectivity index (χ1n) is 3.88. The van der Waals surface area contributed by atoms with Crippen molar-refractivity contribution in [2.24, 2.45) is 0 Å². The Balaban J connectivity index is 2.89. The smallest absolute Gasteiger partial charge is 0.237 e. The van der Waals surface area contributed by atoms with Crippen LogP contribution in [0.2, 0.25) is 0 Å². The van der Waals surface area contributed by atoms with Gasteiger partial charge in [0.15, 0.2) is 0 Å². The Morgan fingerprint density at radius 2 is 2.00 bits per heavy atom. The molecule has 0 saturated carbocycles. The van der Waals surface area contributed by atoms with Gasteiger partial charge in [0.2, 0.25) is 6.29 Å². The summed E-state index contributed by atoms with van der Waals surface area (Å²) in [7, 11) is 0. The molecule has 0 fully saturated rings. The lowest BCUT2D eigenvalue weighted by Crippen LogP contribution is -2.07. The lowest BCUT2D eigenvalue weighted by atomic mass is 10.2. The van der Waals surface area contributed by atoms with E-state index in [-0.39, 0.29) is 6.10 Å². The van der Waals surface area contributed by atoms with Gasteiger partial charge in [-0.3, -0.25) is 4.79 Å². The molecule has 0 N–H and O–H groups in total. The van der Waals surface area contributed by atoms with Crippen LogP contribution in [-0.2, 0) is 4.79 Å². The van der Waals surface area contributed by atoms with Crippen molar-refractivity contribution in [1.82, 2.24) is 0 Å². The summed E-state index contributed by atoms with van der Waals surface area (Å²) in [6, 6.07) is 7.07. The van der Waals surface area contributed by atoms with Crippen LogP contribution in [0.15, 0.2) is 24.3 Å². The van der Waals surface area contributed by atoms with Crippen molar-refractivity contribution in [2.75, 3.05) is 0 Å². The van der Waals surface area contributed by atoms with E-state index in [1.54, 1.807) is 18.2 Å². The van der Waals surface area contributed by atoms with Gasteiger partial charge in [-0.1, -0.05) is 12.1 Å². The third-order valence-corrected chi connectivity index (χ3v) is 1.36. The number of hydrogen-bond donors (Lipinski definition) is 0. The highest BCUT2D eigenvalue weighted by Gasteiger charge is 2.03. The van der Waals surface area contributed by atoms with Gasteiger partial charge in [-0.05, 0) is 26.0 Å². The van der Waals surface area contributed by atoms with Gasteiger partial charge in [0.05, 0.1) is 11.7 Å². The predicted octanol–water partition coefficient (Wildman–Crippen LogP) is 1.93. The van der Waals surface area contributed by atoms with Gasteiger partial charge in [-0.2, -0.15) is 0 Å². The fraction of sp³-hybridized carbons (Fsp3) is 0.300. The van der Waals surface area contributed by atoms with E-state index >= 15 is 0 Å². The van der Waals surface area contributed by atoms with E-state index in [9.17, 15) is 4.79 Å². The van der Waals surface area contributed by atoms with Crippen molar-refractivity contribution >= 4 is 6.29 Å². The molecule has 0 aliphatic rings. The second kappa shape index (κ2) is 3.90. The summed E-state index contributed by atoms with van der Waals surface area (Å²) in [6.07, 6.45) is 1.91. The van der Waals surface area contributed by atoms with Crippen LogP contribution in [0, 0.1) is 0 Å². The molecular weight excluding hydrogens is 152 g/mol. The van der Waals surface area contributed by atoms with Crippen LogP contribution >= 0.6 is 0 Å². The average Bonchev–Trinajstić information content (AvgIpc) is 2.04. The molecule has 0 bridgehead atoms. The zero-order valence-corrected chi connectivity index (χ0v) is 7.20. The van der Waals surface area contributed by atoms with E-state index in [2.05, 4.69) is 0 Å². The molecule has 1 radical (unpaired) electrons. The monoisotopic (exact) mass is 163 g/mol. The number of para-hydroxylation sites is 1. The van der Waals surface area contributed by atoms with Gasteiger partial charge in [0.1, 0.15) is 5.75 Å². The van der Waals surface area contributed by atoms with Gasteiger partial charge in [-0.25, -0.2) is 0 Å². The molecule has 0 atom stereocenters. The zero-order chi connectivity index (χ0) is 8.97. The number of hydrogen-bond acceptors (Lipinski definition) is 2. The first kappa shape index (κ1) is 8.78. The molecule has 1 aromatic rings. The highest BCUT2D eigenvalue weighted by molar-refractivity contribution is 5.79. The average molecular weight is 163 g/mol. The zero-order valence-electron chi connectivity index (χ0n) is 7.20. The molecule has 0 aliphatic heterocycles. The largest absolute Gasteiger partial charge is 0.490 e. The van der Waals surface area contributed by atoms with Crippen molar-refractivity contribution < 1.29 is 9.53 Å². The molecule has 0 aromatic heterocycles. The van der Waals surface area contributed by atoms with Gasteiger partial charge < -0.3 is 4.74 Å². The molecule has 0 amide bonds. The summed E-state index contributed by atoms with van der Waals surface area (Å²) >= 11 is 0. The molecule has 0 saturated heterocycles. The number of rotatable bonds is 3. The van der Waals surface area contributed by atoms with Crippen LogP contribution in [0.5, 0.6) is 5.75 Å². The van der Waals surface area contributed by atoms with Crippen molar-refractivity contribution in [3.05, 3.63) is 29.8 Å². The van der Waals surface area contributed by atoms with Crippen LogP contribution in [0.3, 0.4) is 0 Å². The van der Waals surface area contributed by atoms with Crippen molar-refractivity contribution in [3.63, 3.8) is 0 Å². The van der Waals surface area contributed by atoms with Gasteiger partial charge in [-0.15, -0.1) is 0 Å². The van der Waals surface area contributed by atoms with Crippen LogP contribution in [0.25, 0.3) is 0 Å². The first-order valence-corrected chi connectivity index (χ1v) is 3.88. The van der Waals surface area contributed by atoms with Crippen molar-refractivity contribution in [3.8, 4) is 5.75 Å². The fourth-order valence-corrected chi connectivity index (χ4v) is 0.908. The number of benzene rings is 1. The maximum absolute atomic E-state index is 10.4.